The zero-order valence-corrected chi connectivity index (χ0v) is 17.1. The highest BCUT2D eigenvalue weighted by atomic mass is 16.1. The summed E-state index contributed by atoms with van der Waals surface area (Å²) in [5.74, 6) is 0.197. The van der Waals surface area contributed by atoms with Gasteiger partial charge < -0.3 is 5.32 Å². The lowest BCUT2D eigenvalue weighted by molar-refractivity contribution is -0.118. The fraction of sp³-hybridized carbons (Fsp3) is 0.231. The lowest BCUT2D eigenvalue weighted by Gasteiger charge is -2.07. The zero-order valence-electron chi connectivity index (χ0n) is 17.1. The van der Waals surface area contributed by atoms with Crippen LogP contribution in [0.4, 0.5) is 0 Å². The molecule has 3 rings (SSSR count). The highest BCUT2D eigenvalue weighted by Gasteiger charge is 2.07. The summed E-state index contributed by atoms with van der Waals surface area (Å²) in [5.41, 5.74) is 6.41. The summed E-state index contributed by atoms with van der Waals surface area (Å²) in [5, 5.41) is 2.65. The van der Waals surface area contributed by atoms with Crippen LogP contribution in [-0.4, -0.2) is 18.7 Å². The standard InChI is InChI=1S/C26H27NO2/c1-19-5-3-6-22(15-19)18-25(28)14-13-20-9-11-21(12-10-20)16-23-7-4-8-24(17-23)26(29)27-2/h3-12,15,17H,13-14,16,18H2,1-2H3,(H,27,29). The minimum Gasteiger partial charge on any atom is -0.355 e. The molecule has 0 radical (unpaired) electrons. The number of benzene rings is 3. The Bertz CT molecular complexity index is 990. The molecule has 0 aliphatic carbocycles. The Morgan fingerprint density at radius 1 is 0.793 bits per heavy atom. The summed E-state index contributed by atoms with van der Waals surface area (Å²) in [6.45, 7) is 2.05. The van der Waals surface area contributed by atoms with Gasteiger partial charge in [-0.2, -0.15) is 0 Å². The molecule has 3 aromatic rings. The van der Waals surface area contributed by atoms with Crippen molar-refractivity contribution in [3.8, 4) is 0 Å². The number of rotatable bonds is 8. The molecule has 29 heavy (non-hydrogen) atoms. The third-order valence-corrected chi connectivity index (χ3v) is 5.02. The van der Waals surface area contributed by atoms with E-state index < -0.39 is 0 Å². The van der Waals surface area contributed by atoms with Crippen molar-refractivity contribution >= 4 is 11.7 Å². The average molecular weight is 386 g/mol. The van der Waals surface area contributed by atoms with E-state index >= 15 is 0 Å². The molecule has 0 bridgehead atoms. The topological polar surface area (TPSA) is 46.2 Å². The predicted molar refractivity (Wildman–Crippen MR) is 117 cm³/mol. The van der Waals surface area contributed by atoms with Crippen LogP contribution in [0.3, 0.4) is 0 Å². The van der Waals surface area contributed by atoms with Crippen LogP contribution in [-0.2, 0) is 24.1 Å². The van der Waals surface area contributed by atoms with E-state index in [1.54, 1.807) is 7.05 Å². The molecular formula is C26H27NO2. The maximum atomic E-state index is 12.3. The van der Waals surface area contributed by atoms with E-state index in [0.717, 1.165) is 24.0 Å². The van der Waals surface area contributed by atoms with E-state index in [2.05, 4.69) is 35.6 Å². The smallest absolute Gasteiger partial charge is 0.251 e. The summed E-state index contributed by atoms with van der Waals surface area (Å²) < 4.78 is 0. The number of ketones is 1. The maximum Gasteiger partial charge on any atom is 0.251 e. The van der Waals surface area contributed by atoms with Crippen LogP contribution in [0.5, 0.6) is 0 Å². The molecule has 3 nitrogen and oxygen atoms in total. The Hall–Kier alpha value is -3.20. The Balaban J connectivity index is 1.53. The molecule has 0 aromatic heterocycles. The number of carbonyl (C=O) groups excluding carboxylic acids is 2. The van der Waals surface area contributed by atoms with Crippen molar-refractivity contribution in [1.29, 1.82) is 0 Å². The van der Waals surface area contributed by atoms with Gasteiger partial charge >= 0.3 is 0 Å². The van der Waals surface area contributed by atoms with Crippen LogP contribution in [0.25, 0.3) is 0 Å². The largest absolute Gasteiger partial charge is 0.355 e. The molecule has 3 heteroatoms. The molecule has 0 spiro atoms. The molecule has 0 atom stereocenters. The minimum absolute atomic E-state index is 0.0717. The van der Waals surface area contributed by atoms with Gasteiger partial charge in [0.15, 0.2) is 0 Å². The normalized spacial score (nSPS) is 10.6. The molecule has 1 N–H and O–H groups in total. The van der Waals surface area contributed by atoms with Crippen molar-refractivity contribution in [2.45, 2.75) is 32.6 Å². The van der Waals surface area contributed by atoms with Gasteiger partial charge in [-0.05, 0) is 54.2 Å². The van der Waals surface area contributed by atoms with Crippen LogP contribution in [0.15, 0.2) is 72.8 Å². The first kappa shape index (κ1) is 20.5. The summed E-state index contributed by atoms with van der Waals surface area (Å²) >= 11 is 0. The van der Waals surface area contributed by atoms with Crippen LogP contribution < -0.4 is 5.32 Å². The fourth-order valence-electron chi connectivity index (χ4n) is 3.45. The first-order valence-electron chi connectivity index (χ1n) is 9.99. The van der Waals surface area contributed by atoms with Crippen LogP contribution in [0.1, 0.15) is 44.6 Å². The number of carbonyl (C=O) groups is 2. The van der Waals surface area contributed by atoms with Gasteiger partial charge in [-0.3, -0.25) is 9.59 Å². The van der Waals surface area contributed by atoms with Crippen molar-refractivity contribution in [3.63, 3.8) is 0 Å². The Morgan fingerprint density at radius 3 is 2.21 bits per heavy atom. The summed E-state index contributed by atoms with van der Waals surface area (Å²) in [6.07, 6.45) is 2.59. The lowest BCUT2D eigenvalue weighted by Crippen LogP contribution is -2.17. The van der Waals surface area contributed by atoms with Gasteiger partial charge in [-0.15, -0.1) is 0 Å². The van der Waals surface area contributed by atoms with Crippen LogP contribution in [0, 0.1) is 6.92 Å². The quantitative estimate of drug-likeness (QED) is 0.611. The number of hydrogen-bond donors (Lipinski definition) is 1. The number of aryl methyl sites for hydroxylation is 2. The Kier molecular flexibility index (Phi) is 6.96. The van der Waals surface area contributed by atoms with E-state index in [1.165, 1.54) is 16.7 Å². The fourth-order valence-corrected chi connectivity index (χ4v) is 3.45. The minimum atomic E-state index is -0.0717. The average Bonchev–Trinajstić information content (AvgIpc) is 2.73. The van der Waals surface area contributed by atoms with E-state index in [-0.39, 0.29) is 11.7 Å². The third-order valence-electron chi connectivity index (χ3n) is 5.02. The highest BCUT2D eigenvalue weighted by Crippen LogP contribution is 2.14. The molecule has 148 valence electrons. The zero-order chi connectivity index (χ0) is 20.6. The Labute approximate surface area is 172 Å². The molecule has 0 aliphatic heterocycles. The van der Waals surface area contributed by atoms with Gasteiger partial charge in [0.2, 0.25) is 0 Å². The monoisotopic (exact) mass is 385 g/mol. The van der Waals surface area contributed by atoms with E-state index in [1.807, 2.05) is 49.4 Å². The number of hydrogen-bond acceptors (Lipinski definition) is 2. The molecule has 0 unspecified atom stereocenters. The number of nitrogens with one attached hydrogen (secondary N) is 1. The van der Waals surface area contributed by atoms with Gasteiger partial charge in [0.05, 0.1) is 0 Å². The highest BCUT2D eigenvalue weighted by molar-refractivity contribution is 5.94. The molecule has 1 amide bonds. The van der Waals surface area contributed by atoms with Gasteiger partial charge in [0.25, 0.3) is 5.91 Å². The molecule has 0 heterocycles. The number of Topliss-reactive ketones (excluding diaryl/α,β-unsaturated/α-hetero) is 1. The van der Waals surface area contributed by atoms with Crippen molar-refractivity contribution in [2.24, 2.45) is 0 Å². The van der Waals surface area contributed by atoms with Crippen molar-refractivity contribution in [2.75, 3.05) is 7.05 Å². The molecule has 3 aromatic carbocycles. The molecular weight excluding hydrogens is 358 g/mol. The first-order valence-corrected chi connectivity index (χ1v) is 9.99. The molecule has 0 fully saturated rings. The van der Waals surface area contributed by atoms with Gasteiger partial charge in [0, 0.05) is 25.5 Å². The molecule has 0 saturated carbocycles. The van der Waals surface area contributed by atoms with E-state index in [4.69, 9.17) is 0 Å². The predicted octanol–water partition coefficient (Wildman–Crippen LogP) is 4.69. The summed E-state index contributed by atoms with van der Waals surface area (Å²) in [7, 11) is 1.64. The second-order valence-corrected chi connectivity index (χ2v) is 7.48. The maximum absolute atomic E-state index is 12.3. The van der Waals surface area contributed by atoms with Gasteiger partial charge in [0.1, 0.15) is 5.78 Å². The van der Waals surface area contributed by atoms with Crippen LogP contribution in [0.2, 0.25) is 0 Å². The van der Waals surface area contributed by atoms with Crippen molar-refractivity contribution < 1.29 is 9.59 Å². The third kappa shape index (κ3) is 6.15. The molecule has 0 saturated heterocycles. The second-order valence-electron chi connectivity index (χ2n) is 7.48. The number of amides is 1. The lowest BCUT2D eigenvalue weighted by atomic mass is 9.99. The second kappa shape index (κ2) is 9.83. The first-order chi connectivity index (χ1) is 14.0. The van der Waals surface area contributed by atoms with E-state index in [9.17, 15) is 9.59 Å². The van der Waals surface area contributed by atoms with Crippen LogP contribution >= 0.6 is 0 Å². The van der Waals surface area contributed by atoms with Gasteiger partial charge in [-0.25, -0.2) is 0 Å². The van der Waals surface area contributed by atoms with Crippen molar-refractivity contribution in [3.05, 3.63) is 106 Å². The van der Waals surface area contributed by atoms with Crippen molar-refractivity contribution in [1.82, 2.24) is 5.32 Å². The summed E-state index contributed by atoms with van der Waals surface area (Å²) in [6, 6.07) is 24.2. The SMILES string of the molecule is CNC(=O)c1cccc(Cc2ccc(CCC(=O)Cc3cccc(C)c3)cc2)c1. The summed E-state index contributed by atoms with van der Waals surface area (Å²) in [4.78, 5) is 24.1. The van der Waals surface area contributed by atoms with E-state index in [0.29, 0.717) is 18.4 Å². The Morgan fingerprint density at radius 2 is 1.48 bits per heavy atom. The molecule has 0 aliphatic rings. The van der Waals surface area contributed by atoms with Gasteiger partial charge in [-0.1, -0.05) is 66.2 Å².